The quantitative estimate of drug-likeness (QED) is 0.795. The summed E-state index contributed by atoms with van der Waals surface area (Å²) in [5.41, 5.74) is 0.895. The lowest BCUT2D eigenvalue weighted by atomic mass is 10.1. The second kappa shape index (κ2) is 3.36. The second-order valence-corrected chi connectivity index (χ2v) is 3.74. The third-order valence-electron chi connectivity index (χ3n) is 2.00. The fourth-order valence-corrected chi connectivity index (χ4v) is 2.22. The van der Waals surface area contributed by atoms with Gasteiger partial charge in [0.1, 0.15) is 5.75 Å². The van der Waals surface area contributed by atoms with Gasteiger partial charge in [-0.3, -0.25) is 0 Å². The molecule has 1 aromatic heterocycles. The smallest absolute Gasteiger partial charge is 0.127 e. The molecule has 0 saturated heterocycles. The molecule has 0 atom stereocenters. The first kappa shape index (κ1) is 8.53. The van der Waals surface area contributed by atoms with Crippen LogP contribution in [-0.2, 0) is 6.61 Å². The average molecular weight is 194 g/mol. The van der Waals surface area contributed by atoms with Crippen molar-refractivity contribution in [3.05, 3.63) is 29.1 Å². The molecule has 0 fully saturated rings. The Balaban J connectivity index is 2.70. The van der Waals surface area contributed by atoms with Crippen molar-refractivity contribution in [1.82, 2.24) is 0 Å². The lowest BCUT2D eigenvalue weighted by Gasteiger charge is -2.03. The summed E-state index contributed by atoms with van der Waals surface area (Å²) in [7, 11) is 1.65. The van der Waals surface area contributed by atoms with E-state index in [-0.39, 0.29) is 6.61 Å². The second-order valence-electron chi connectivity index (χ2n) is 2.79. The maximum Gasteiger partial charge on any atom is 0.127 e. The van der Waals surface area contributed by atoms with Crippen LogP contribution in [0.2, 0.25) is 0 Å². The Labute approximate surface area is 80.4 Å². The normalized spacial score (nSPS) is 10.6. The van der Waals surface area contributed by atoms with Crippen molar-refractivity contribution in [2.45, 2.75) is 6.61 Å². The third-order valence-corrected chi connectivity index (χ3v) is 2.86. The Bertz CT molecular complexity index is 420. The number of aliphatic hydroxyl groups is 1. The lowest BCUT2D eigenvalue weighted by molar-refractivity contribution is 0.281. The van der Waals surface area contributed by atoms with Crippen LogP contribution in [-0.4, -0.2) is 12.2 Å². The number of hydrogen-bond acceptors (Lipinski definition) is 3. The third kappa shape index (κ3) is 1.41. The van der Waals surface area contributed by atoms with E-state index in [1.807, 2.05) is 23.6 Å². The first-order chi connectivity index (χ1) is 6.35. The fraction of sp³-hybridized carbons (Fsp3) is 0.200. The van der Waals surface area contributed by atoms with Crippen molar-refractivity contribution in [1.29, 1.82) is 0 Å². The van der Waals surface area contributed by atoms with Gasteiger partial charge in [0, 0.05) is 10.1 Å². The Morgan fingerprint density at radius 1 is 1.46 bits per heavy atom. The molecule has 0 aliphatic rings. The zero-order chi connectivity index (χ0) is 9.26. The molecule has 1 N–H and O–H groups in total. The predicted octanol–water partition coefficient (Wildman–Crippen LogP) is 2.40. The first-order valence-corrected chi connectivity index (χ1v) is 4.88. The molecule has 0 amide bonds. The molecule has 0 spiro atoms. The summed E-state index contributed by atoms with van der Waals surface area (Å²) in [5.74, 6) is 0.836. The molecule has 3 heteroatoms. The molecule has 0 bridgehead atoms. The first-order valence-electron chi connectivity index (χ1n) is 4.00. The molecule has 0 saturated carbocycles. The molecular formula is C10H10O2S. The van der Waals surface area contributed by atoms with Crippen LogP contribution in [0.3, 0.4) is 0 Å². The van der Waals surface area contributed by atoms with E-state index in [0.717, 1.165) is 21.4 Å². The highest BCUT2D eigenvalue weighted by molar-refractivity contribution is 7.17. The summed E-state index contributed by atoms with van der Waals surface area (Å²) in [6, 6.07) is 5.89. The Morgan fingerprint density at radius 2 is 2.31 bits per heavy atom. The van der Waals surface area contributed by atoms with Crippen LogP contribution < -0.4 is 4.74 Å². The van der Waals surface area contributed by atoms with Crippen molar-refractivity contribution >= 4 is 21.4 Å². The molecule has 2 nitrogen and oxygen atoms in total. The minimum absolute atomic E-state index is 0.0597. The highest BCUT2D eigenvalue weighted by atomic mass is 32.1. The van der Waals surface area contributed by atoms with E-state index in [4.69, 9.17) is 9.84 Å². The van der Waals surface area contributed by atoms with Gasteiger partial charge in [0.2, 0.25) is 0 Å². The molecule has 0 aliphatic carbocycles. The van der Waals surface area contributed by atoms with Crippen LogP contribution in [0.1, 0.15) is 5.56 Å². The standard InChI is InChI=1S/C10H10O2S/c1-12-9-4-7(6-11)5-10-8(9)2-3-13-10/h2-5,11H,6H2,1H3. The summed E-state index contributed by atoms with van der Waals surface area (Å²) >= 11 is 1.66. The number of fused-ring (bicyclic) bond motifs is 1. The molecule has 0 radical (unpaired) electrons. The fourth-order valence-electron chi connectivity index (χ4n) is 1.35. The number of rotatable bonds is 2. The van der Waals surface area contributed by atoms with Gasteiger partial charge in [-0.2, -0.15) is 0 Å². The van der Waals surface area contributed by atoms with Gasteiger partial charge in [-0.15, -0.1) is 11.3 Å². The SMILES string of the molecule is COc1cc(CO)cc2sccc12. The highest BCUT2D eigenvalue weighted by Crippen LogP contribution is 2.31. The van der Waals surface area contributed by atoms with Crippen LogP contribution in [0.15, 0.2) is 23.6 Å². The van der Waals surface area contributed by atoms with Crippen molar-refractivity contribution in [3.8, 4) is 5.75 Å². The maximum atomic E-state index is 9.00. The topological polar surface area (TPSA) is 29.5 Å². The van der Waals surface area contributed by atoms with Gasteiger partial charge < -0.3 is 9.84 Å². The molecule has 0 aliphatic heterocycles. The maximum absolute atomic E-state index is 9.00. The van der Waals surface area contributed by atoms with E-state index < -0.39 is 0 Å². The minimum Gasteiger partial charge on any atom is -0.496 e. The van der Waals surface area contributed by atoms with E-state index in [9.17, 15) is 0 Å². The predicted molar refractivity (Wildman–Crippen MR) is 54.3 cm³/mol. The summed E-state index contributed by atoms with van der Waals surface area (Å²) in [5, 5.41) is 12.1. The molecule has 1 aromatic carbocycles. The van der Waals surface area contributed by atoms with Crippen LogP contribution >= 0.6 is 11.3 Å². The van der Waals surface area contributed by atoms with E-state index in [1.165, 1.54) is 0 Å². The van der Waals surface area contributed by atoms with Crippen LogP contribution in [0, 0.1) is 0 Å². The van der Waals surface area contributed by atoms with E-state index in [2.05, 4.69) is 0 Å². The lowest BCUT2D eigenvalue weighted by Crippen LogP contribution is -1.87. The van der Waals surface area contributed by atoms with Crippen molar-refractivity contribution in [2.75, 3.05) is 7.11 Å². The summed E-state index contributed by atoms with van der Waals surface area (Å²) in [4.78, 5) is 0. The number of benzene rings is 1. The van der Waals surface area contributed by atoms with Crippen LogP contribution in [0.25, 0.3) is 10.1 Å². The monoisotopic (exact) mass is 194 g/mol. The van der Waals surface area contributed by atoms with Crippen LogP contribution in [0.4, 0.5) is 0 Å². The molecular weight excluding hydrogens is 184 g/mol. The van der Waals surface area contributed by atoms with Gasteiger partial charge >= 0.3 is 0 Å². The van der Waals surface area contributed by atoms with Gasteiger partial charge in [0.05, 0.1) is 13.7 Å². The van der Waals surface area contributed by atoms with Gasteiger partial charge in [-0.05, 0) is 29.1 Å². The Kier molecular flexibility index (Phi) is 2.20. The Hall–Kier alpha value is -1.06. The van der Waals surface area contributed by atoms with Gasteiger partial charge in [0.15, 0.2) is 0 Å². The summed E-state index contributed by atoms with van der Waals surface area (Å²) < 4.78 is 6.38. The summed E-state index contributed by atoms with van der Waals surface area (Å²) in [6.45, 7) is 0.0597. The Morgan fingerprint density at radius 3 is 3.00 bits per heavy atom. The number of methoxy groups -OCH3 is 1. The van der Waals surface area contributed by atoms with Gasteiger partial charge in [-0.25, -0.2) is 0 Å². The number of ether oxygens (including phenoxy) is 1. The minimum atomic E-state index is 0.0597. The van der Waals surface area contributed by atoms with Crippen molar-refractivity contribution in [3.63, 3.8) is 0 Å². The van der Waals surface area contributed by atoms with Gasteiger partial charge in [0.25, 0.3) is 0 Å². The zero-order valence-corrected chi connectivity index (χ0v) is 8.10. The van der Waals surface area contributed by atoms with E-state index in [1.54, 1.807) is 18.4 Å². The molecule has 2 aromatic rings. The molecule has 2 rings (SSSR count). The highest BCUT2D eigenvalue weighted by Gasteiger charge is 2.04. The average Bonchev–Trinajstić information content (AvgIpc) is 2.63. The molecule has 0 unspecified atom stereocenters. The molecule has 1 heterocycles. The van der Waals surface area contributed by atoms with E-state index >= 15 is 0 Å². The van der Waals surface area contributed by atoms with Crippen molar-refractivity contribution < 1.29 is 9.84 Å². The van der Waals surface area contributed by atoms with E-state index in [0.29, 0.717) is 0 Å². The number of thiophene rings is 1. The number of hydrogen-bond donors (Lipinski definition) is 1. The van der Waals surface area contributed by atoms with Gasteiger partial charge in [-0.1, -0.05) is 0 Å². The molecule has 13 heavy (non-hydrogen) atoms. The van der Waals surface area contributed by atoms with Crippen molar-refractivity contribution in [2.24, 2.45) is 0 Å². The van der Waals surface area contributed by atoms with Crippen LogP contribution in [0.5, 0.6) is 5.75 Å². The number of aliphatic hydroxyl groups excluding tert-OH is 1. The largest absolute Gasteiger partial charge is 0.496 e. The zero-order valence-electron chi connectivity index (χ0n) is 7.28. The summed E-state index contributed by atoms with van der Waals surface area (Å²) in [6.07, 6.45) is 0. The molecule has 68 valence electrons.